The number of carbonyl (C=O) groups excluding carboxylic acids is 1. The normalized spacial score (nSPS) is 11.2. The van der Waals surface area contributed by atoms with Gasteiger partial charge in [0.1, 0.15) is 5.54 Å². The van der Waals surface area contributed by atoms with E-state index in [-0.39, 0.29) is 5.82 Å². The van der Waals surface area contributed by atoms with Crippen LogP contribution in [0.1, 0.15) is 13.8 Å². The second-order valence-electron chi connectivity index (χ2n) is 3.60. The minimum absolute atomic E-state index is 0.00185. The monoisotopic (exact) mass is 275 g/mol. The smallest absolute Gasteiger partial charge is 0.242 e. The van der Waals surface area contributed by atoms with Crippen LogP contribution in [0.2, 0.25) is 0 Å². The summed E-state index contributed by atoms with van der Waals surface area (Å²) in [6.07, 6.45) is 1.43. The number of carbonyl (C=O) groups is 1. The van der Waals surface area contributed by atoms with E-state index in [0.717, 1.165) is 0 Å². The Morgan fingerprint density at radius 1 is 1.67 bits per heavy atom. The minimum Gasteiger partial charge on any atom is -0.368 e. The Bertz CT molecular complexity index is 395. The van der Waals surface area contributed by atoms with Crippen molar-refractivity contribution in [1.29, 1.82) is 0 Å². The van der Waals surface area contributed by atoms with Crippen molar-refractivity contribution in [3.63, 3.8) is 0 Å². The summed E-state index contributed by atoms with van der Waals surface area (Å²) >= 11 is 3.08. The second kappa shape index (κ2) is 4.14. The van der Waals surface area contributed by atoms with Crippen molar-refractivity contribution in [3.05, 3.63) is 22.6 Å². The maximum Gasteiger partial charge on any atom is 0.242 e. The maximum atomic E-state index is 13.3. The molecule has 0 radical (unpaired) electrons. The number of amides is 1. The highest BCUT2D eigenvalue weighted by Crippen LogP contribution is 2.19. The molecule has 0 saturated heterocycles. The Labute approximate surface area is 95.2 Å². The molecule has 1 aromatic rings. The summed E-state index contributed by atoms with van der Waals surface area (Å²) in [5, 5.41) is 2.63. The largest absolute Gasteiger partial charge is 0.368 e. The standard InChI is InChI=1S/C9H11BrFN3O/c1-9(2,8(12)15)14-7-6(11)3-5(10)4-13-7/h3-4H,1-2H3,(H2,12,15)(H,13,14). The van der Waals surface area contributed by atoms with Gasteiger partial charge in [0.05, 0.1) is 0 Å². The summed E-state index contributed by atoms with van der Waals surface area (Å²) in [4.78, 5) is 14.8. The minimum atomic E-state index is -1.04. The molecule has 0 fully saturated rings. The van der Waals surface area contributed by atoms with Gasteiger partial charge in [0.2, 0.25) is 5.91 Å². The molecule has 82 valence electrons. The summed E-state index contributed by atoms with van der Waals surface area (Å²) in [5.74, 6) is -1.12. The van der Waals surface area contributed by atoms with E-state index in [1.807, 2.05) is 0 Å². The van der Waals surface area contributed by atoms with E-state index in [1.54, 1.807) is 13.8 Å². The van der Waals surface area contributed by atoms with Crippen molar-refractivity contribution in [1.82, 2.24) is 4.98 Å². The number of primary amides is 1. The molecule has 1 rings (SSSR count). The SMILES string of the molecule is CC(C)(Nc1ncc(Br)cc1F)C(N)=O. The molecule has 6 heteroatoms. The number of nitrogens with zero attached hydrogens (tertiary/aromatic N) is 1. The maximum absolute atomic E-state index is 13.3. The Balaban J connectivity index is 2.95. The number of hydrogen-bond acceptors (Lipinski definition) is 3. The molecular weight excluding hydrogens is 265 g/mol. The van der Waals surface area contributed by atoms with Gasteiger partial charge < -0.3 is 11.1 Å². The quantitative estimate of drug-likeness (QED) is 0.882. The lowest BCUT2D eigenvalue weighted by atomic mass is 10.1. The topological polar surface area (TPSA) is 68.0 Å². The predicted octanol–water partition coefficient (Wildman–Crippen LogP) is 1.66. The fraction of sp³-hybridized carbons (Fsp3) is 0.333. The molecule has 3 N–H and O–H groups in total. The third kappa shape index (κ3) is 2.89. The van der Waals surface area contributed by atoms with Crippen LogP contribution in [-0.4, -0.2) is 16.4 Å². The van der Waals surface area contributed by atoms with E-state index in [1.165, 1.54) is 12.3 Å². The van der Waals surface area contributed by atoms with Crippen LogP contribution in [0.5, 0.6) is 0 Å². The van der Waals surface area contributed by atoms with Crippen molar-refractivity contribution < 1.29 is 9.18 Å². The van der Waals surface area contributed by atoms with Crippen LogP contribution < -0.4 is 11.1 Å². The van der Waals surface area contributed by atoms with E-state index >= 15 is 0 Å². The highest BCUT2D eigenvalue weighted by Gasteiger charge is 2.26. The van der Waals surface area contributed by atoms with Crippen LogP contribution in [0.3, 0.4) is 0 Å². The van der Waals surface area contributed by atoms with Gasteiger partial charge in [0.25, 0.3) is 0 Å². The van der Waals surface area contributed by atoms with Gasteiger partial charge in [0, 0.05) is 10.7 Å². The molecule has 0 bridgehead atoms. The molecule has 0 spiro atoms. The molecule has 15 heavy (non-hydrogen) atoms. The van der Waals surface area contributed by atoms with Crippen molar-refractivity contribution in [2.24, 2.45) is 5.73 Å². The van der Waals surface area contributed by atoms with E-state index in [4.69, 9.17) is 5.73 Å². The number of pyridine rings is 1. The van der Waals surface area contributed by atoms with Gasteiger partial charge in [-0.25, -0.2) is 9.37 Å². The number of nitrogens with one attached hydrogen (secondary N) is 1. The van der Waals surface area contributed by atoms with Crippen molar-refractivity contribution in [2.75, 3.05) is 5.32 Å². The van der Waals surface area contributed by atoms with Crippen molar-refractivity contribution in [2.45, 2.75) is 19.4 Å². The van der Waals surface area contributed by atoms with Crippen LogP contribution in [0.4, 0.5) is 10.2 Å². The summed E-state index contributed by atoms with van der Waals surface area (Å²) in [6, 6.07) is 1.26. The molecule has 1 aromatic heterocycles. The second-order valence-corrected chi connectivity index (χ2v) is 4.51. The van der Waals surface area contributed by atoms with E-state index in [0.29, 0.717) is 4.47 Å². The zero-order chi connectivity index (χ0) is 11.6. The van der Waals surface area contributed by atoms with Gasteiger partial charge >= 0.3 is 0 Å². The summed E-state index contributed by atoms with van der Waals surface area (Å²) in [6.45, 7) is 3.11. The first kappa shape index (κ1) is 11.9. The predicted molar refractivity (Wildman–Crippen MR) is 58.8 cm³/mol. The third-order valence-electron chi connectivity index (χ3n) is 1.85. The first-order chi connectivity index (χ1) is 6.83. The number of rotatable bonds is 3. The van der Waals surface area contributed by atoms with Gasteiger partial charge in [-0.3, -0.25) is 4.79 Å². The molecule has 1 amide bonds. The number of halogens is 2. The first-order valence-electron chi connectivity index (χ1n) is 4.22. The lowest BCUT2D eigenvalue weighted by Gasteiger charge is -2.23. The van der Waals surface area contributed by atoms with Crippen LogP contribution in [0.25, 0.3) is 0 Å². The van der Waals surface area contributed by atoms with Crippen LogP contribution in [0.15, 0.2) is 16.7 Å². The fourth-order valence-electron chi connectivity index (χ4n) is 0.864. The van der Waals surface area contributed by atoms with Crippen LogP contribution in [-0.2, 0) is 4.79 Å². The fourth-order valence-corrected chi connectivity index (χ4v) is 1.17. The number of hydrogen-bond donors (Lipinski definition) is 2. The molecular formula is C9H11BrFN3O. The molecule has 0 unspecified atom stereocenters. The first-order valence-corrected chi connectivity index (χ1v) is 5.01. The van der Waals surface area contributed by atoms with Crippen molar-refractivity contribution in [3.8, 4) is 0 Å². The van der Waals surface area contributed by atoms with E-state index < -0.39 is 17.3 Å². The van der Waals surface area contributed by atoms with Crippen LogP contribution >= 0.6 is 15.9 Å². The van der Waals surface area contributed by atoms with Crippen LogP contribution in [0, 0.1) is 5.82 Å². The van der Waals surface area contributed by atoms with Gasteiger partial charge in [0.15, 0.2) is 11.6 Å². The molecule has 0 aromatic carbocycles. The lowest BCUT2D eigenvalue weighted by molar-refractivity contribution is -0.121. The number of aromatic nitrogens is 1. The Morgan fingerprint density at radius 2 is 2.27 bits per heavy atom. The zero-order valence-corrected chi connectivity index (χ0v) is 9.93. The van der Waals surface area contributed by atoms with E-state index in [2.05, 4.69) is 26.2 Å². The summed E-state index contributed by atoms with van der Waals surface area (Å²) < 4.78 is 13.9. The molecule has 0 aliphatic carbocycles. The molecule has 0 aliphatic heterocycles. The van der Waals surface area contributed by atoms with Gasteiger partial charge in [-0.2, -0.15) is 0 Å². The Hall–Kier alpha value is -1.17. The average Bonchev–Trinajstić information content (AvgIpc) is 2.09. The zero-order valence-electron chi connectivity index (χ0n) is 8.34. The Kier molecular flexibility index (Phi) is 3.28. The van der Waals surface area contributed by atoms with Crippen molar-refractivity contribution >= 4 is 27.7 Å². The lowest BCUT2D eigenvalue weighted by Crippen LogP contribution is -2.45. The summed E-state index contributed by atoms with van der Waals surface area (Å²) in [5.41, 5.74) is 4.10. The van der Waals surface area contributed by atoms with E-state index in [9.17, 15) is 9.18 Å². The molecule has 0 atom stereocenters. The molecule has 0 aliphatic rings. The van der Waals surface area contributed by atoms with Gasteiger partial charge in [-0.05, 0) is 35.8 Å². The third-order valence-corrected chi connectivity index (χ3v) is 2.29. The number of anilines is 1. The average molecular weight is 276 g/mol. The Morgan fingerprint density at radius 3 is 2.73 bits per heavy atom. The molecule has 0 saturated carbocycles. The highest BCUT2D eigenvalue weighted by molar-refractivity contribution is 9.10. The highest BCUT2D eigenvalue weighted by atomic mass is 79.9. The molecule has 1 heterocycles. The number of nitrogens with two attached hydrogens (primary N) is 1. The molecule has 4 nitrogen and oxygen atoms in total. The summed E-state index contributed by atoms with van der Waals surface area (Å²) in [7, 11) is 0. The van der Waals surface area contributed by atoms with Gasteiger partial charge in [-0.1, -0.05) is 0 Å². The van der Waals surface area contributed by atoms with Gasteiger partial charge in [-0.15, -0.1) is 0 Å².